The zero-order valence-corrected chi connectivity index (χ0v) is 9.74. The van der Waals surface area contributed by atoms with Crippen molar-refractivity contribution in [1.82, 2.24) is 4.98 Å². The van der Waals surface area contributed by atoms with Gasteiger partial charge in [-0.2, -0.15) is 13.2 Å². The van der Waals surface area contributed by atoms with Gasteiger partial charge in [-0.25, -0.2) is 4.98 Å². The number of nitrogens with zero attached hydrogens (tertiary/aromatic N) is 2. The monoisotopic (exact) mass is 257 g/mol. The zero-order chi connectivity index (χ0) is 13.0. The molecule has 0 atom stereocenters. The van der Waals surface area contributed by atoms with E-state index in [9.17, 15) is 13.2 Å². The topological polar surface area (TPSA) is 42.1 Å². The summed E-state index contributed by atoms with van der Waals surface area (Å²) in [7, 11) is 0. The van der Waals surface area contributed by atoms with Crippen molar-refractivity contribution in [3.8, 4) is 0 Å². The highest BCUT2D eigenvalue weighted by atomic mass is 19.4. The summed E-state index contributed by atoms with van der Waals surface area (Å²) in [5.41, 5.74) is 5.16. The van der Waals surface area contributed by atoms with E-state index in [0.29, 0.717) is 19.0 Å². The predicted octanol–water partition coefficient (Wildman–Crippen LogP) is 2.03. The summed E-state index contributed by atoms with van der Waals surface area (Å²) in [5, 5.41) is 0. The van der Waals surface area contributed by atoms with E-state index in [1.54, 1.807) is 4.90 Å². The molecule has 0 unspecified atom stereocenters. The zero-order valence-electron chi connectivity index (χ0n) is 9.74. The smallest absolute Gasteiger partial charge is 0.352 e. The number of anilines is 1. The van der Waals surface area contributed by atoms with E-state index in [-0.39, 0.29) is 11.4 Å². The Bertz CT molecular complexity index is 462. The predicted molar refractivity (Wildman–Crippen MR) is 61.1 cm³/mol. The van der Waals surface area contributed by atoms with Gasteiger partial charge in [0.05, 0.1) is 11.1 Å². The number of hydrogen-bond donors (Lipinski definition) is 1. The van der Waals surface area contributed by atoms with Crippen LogP contribution in [0.3, 0.4) is 0 Å². The Labute approximate surface area is 103 Å². The first-order chi connectivity index (χ1) is 8.40. The minimum Gasteiger partial charge on any atom is -0.352 e. The molecule has 0 amide bonds. The third kappa shape index (κ3) is 1.84. The number of nitrogens with two attached hydrogens (primary N) is 1. The quantitative estimate of drug-likeness (QED) is 0.881. The fourth-order valence-corrected chi connectivity index (χ4v) is 2.60. The van der Waals surface area contributed by atoms with E-state index in [1.807, 2.05) is 0 Å². The van der Waals surface area contributed by atoms with Crippen molar-refractivity contribution in [2.75, 3.05) is 18.0 Å². The molecule has 1 aromatic heterocycles. The van der Waals surface area contributed by atoms with Crippen molar-refractivity contribution in [1.29, 1.82) is 0 Å². The molecule has 1 saturated heterocycles. The first-order valence-corrected chi connectivity index (χ1v) is 5.96. The molecule has 0 radical (unpaired) electrons. The van der Waals surface area contributed by atoms with Crippen LogP contribution in [0.25, 0.3) is 0 Å². The van der Waals surface area contributed by atoms with Crippen LogP contribution in [0.4, 0.5) is 19.0 Å². The van der Waals surface area contributed by atoms with Gasteiger partial charge in [0.25, 0.3) is 0 Å². The Morgan fingerprint density at radius 3 is 2.56 bits per heavy atom. The Balaban J connectivity index is 1.82. The van der Waals surface area contributed by atoms with E-state index in [0.717, 1.165) is 18.9 Å². The summed E-state index contributed by atoms with van der Waals surface area (Å²) in [6, 6.07) is 2.37. The Morgan fingerprint density at radius 2 is 2.00 bits per heavy atom. The summed E-state index contributed by atoms with van der Waals surface area (Å²) < 4.78 is 38.5. The van der Waals surface area contributed by atoms with Crippen LogP contribution >= 0.6 is 0 Å². The summed E-state index contributed by atoms with van der Waals surface area (Å²) in [6.45, 7) is 0.940. The van der Waals surface area contributed by atoms with Crippen molar-refractivity contribution in [2.24, 2.45) is 11.7 Å². The molecule has 3 nitrogen and oxygen atoms in total. The summed E-state index contributed by atoms with van der Waals surface area (Å²) >= 11 is 0. The van der Waals surface area contributed by atoms with Crippen LogP contribution in [-0.4, -0.2) is 23.6 Å². The fourth-order valence-electron chi connectivity index (χ4n) is 2.60. The van der Waals surface area contributed by atoms with Gasteiger partial charge in [0.1, 0.15) is 5.82 Å². The average molecular weight is 257 g/mol. The second-order valence-electron chi connectivity index (χ2n) is 5.24. The van der Waals surface area contributed by atoms with Gasteiger partial charge in [-0.3, -0.25) is 0 Å². The van der Waals surface area contributed by atoms with Crippen molar-refractivity contribution < 1.29 is 13.2 Å². The van der Waals surface area contributed by atoms with Crippen LogP contribution in [0, 0.1) is 5.92 Å². The lowest BCUT2D eigenvalue weighted by Crippen LogP contribution is -2.69. The van der Waals surface area contributed by atoms with Crippen LogP contribution in [0.1, 0.15) is 18.4 Å². The van der Waals surface area contributed by atoms with Gasteiger partial charge in [-0.05, 0) is 30.9 Å². The normalized spacial score (nSPS) is 22.8. The standard InChI is InChI=1S/C12H14F3N3/c13-12(14,15)9-2-1-5-17-10(9)18-6-11(16,7-18)8-3-4-8/h1-2,5,8H,3-4,6-7,16H2. The highest BCUT2D eigenvalue weighted by molar-refractivity contribution is 5.52. The SMILES string of the molecule is NC1(C2CC2)CN(c2ncccc2C(F)(F)F)C1. The Kier molecular flexibility index (Phi) is 2.35. The van der Waals surface area contributed by atoms with Gasteiger partial charge in [0, 0.05) is 19.3 Å². The van der Waals surface area contributed by atoms with Crippen molar-refractivity contribution >= 4 is 5.82 Å². The molecular formula is C12H14F3N3. The van der Waals surface area contributed by atoms with Crippen molar-refractivity contribution in [2.45, 2.75) is 24.6 Å². The van der Waals surface area contributed by atoms with E-state index in [1.165, 1.54) is 12.3 Å². The summed E-state index contributed by atoms with van der Waals surface area (Å²) in [6.07, 6.45) is -0.786. The lowest BCUT2D eigenvalue weighted by Gasteiger charge is -2.49. The van der Waals surface area contributed by atoms with Gasteiger partial charge in [-0.1, -0.05) is 0 Å². The molecular weight excluding hydrogens is 243 g/mol. The number of rotatable bonds is 2. The van der Waals surface area contributed by atoms with Crippen LogP contribution < -0.4 is 10.6 Å². The number of aromatic nitrogens is 1. The first-order valence-electron chi connectivity index (χ1n) is 5.96. The molecule has 2 fully saturated rings. The Hall–Kier alpha value is -1.30. The van der Waals surface area contributed by atoms with Gasteiger partial charge >= 0.3 is 6.18 Å². The summed E-state index contributed by atoms with van der Waals surface area (Å²) in [5.74, 6) is 0.485. The maximum Gasteiger partial charge on any atom is 0.419 e. The fraction of sp³-hybridized carbons (Fsp3) is 0.583. The molecule has 1 aliphatic carbocycles. The molecule has 3 rings (SSSR count). The molecule has 0 spiro atoms. The third-order valence-electron chi connectivity index (χ3n) is 3.75. The van der Waals surface area contributed by atoms with E-state index in [2.05, 4.69) is 4.98 Å². The van der Waals surface area contributed by atoms with Crippen molar-refractivity contribution in [3.63, 3.8) is 0 Å². The Morgan fingerprint density at radius 1 is 1.33 bits per heavy atom. The minimum absolute atomic E-state index is 0.00623. The molecule has 6 heteroatoms. The van der Waals surface area contributed by atoms with Gasteiger partial charge in [0.15, 0.2) is 0 Å². The van der Waals surface area contributed by atoms with Crippen LogP contribution in [-0.2, 0) is 6.18 Å². The first kappa shape index (κ1) is 11.8. The number of halogens is 3. The summed E-state index contributed by atoms with van der Waals surface area (Å²) in [4.78, 5) is 5.49. The van der Waals surface area contributed by atoms with Gasteiger partial charge in [-0.15, -0.1) is 0 Å². The lowest BCUT2D eigenvalue weighted by molar-refractivity contribution is -0.137. The maximum atomic E-state index is 12.8. The molecule has 98 valence electrons. The van der Waals surface area contributed by atoms with E-state index < -0.39 is 11.7 Å². The van der Waals surface area contributed by atoms with E-state index in [4.69, 9.17) is 5.73 Å². The third-order valence-corrected chi connectivity index (χ3v) is 3.75. The van der Waals surface area contributed by atoms with Crippen LogP contribution in [0.2, 0.25) is 0 Å². The largest absolute Gasteiger partial charge is 0.419 e. The van der Waals surface area contributed by atoms with Crippen LogP contribution in [0.15, 0.2) is 18.3 Å². The second kappa shape index (κ2) is 3.60. The molecule has 2 heterocycles. The maximum absolute atomic E-state index is 12.8. The number of hydrogen-bond acceptors (Lipinski definition) is 3. The van der Waals surface area contributed by atoms with Gasteiger partial charge in [0.2, 0.25) is 0 Å². The molecule has 2 aliphatic rings. The highest BCUT2D eigenvalue weighted by Crippen LogP contribution is 2.45. The molecule has 18 heavy (non-hydrogen) atoms. The number of alkyl halides is 3. The second-order valence-corrected chi connectivity index (χ2v) is 5.24. The minimum atomic E-state index is -4.37. The van der Waals surface area contributed by atoms with Crippen molar-refractivity contribution in [3.05, 3.63) is 23.9 Å². The number of pyridine rings is 1. The van der Waals surface area contributed by atoms with Crippen LogP contribution in [0.5, 0.6) is 0 Å². The lowest BCUT2D eigenvalue weighted by atomic mass is 9.85. The molecule has 0 aromatic carbocycles. The molecule has 2 N–H and O–H groups in total. The molecule has 1 aromatic rings. The highest BCUT2D eigenvalue weighted by Gasteiger charge is 2.52. The molecule has 0 bridgehead atoms. The average Bonchev–Trinajstić information content (AvgIpc) is 3.07. The molecule has 1 aliphatic heterocycles. The molecule has 1 saturated carbocycles. The van der Waals surface area contributed by atoms with Gasteiger partial charge < -0.3 is 10.6 Å². The van der Waals surface area contributed by atoms with E-state index >= 15 is 0 Å².